The van der Waals surface area contributed by atoms with Crippen molar-refractivity contribution in [2.45, 2.75) is 39.2 Å². The highest BCUT2D eigenvalue weighted by Gasteiger charge is 2.24. The van der Waals surface area contributed by atoms with Gasteiger partial charge in [0.05, 0.1) is 10.5 Å². The number of nitrogens with zero attached hydrogens (tertiary/aromatic N) is 4. The zero-order valence-corrected chi connectivity index (χ0v) is 19.2. The summed E-state index contributed by atoms with van der Waals surface area (Å²) in [7, 11) is 0. The van der Waals surface area contributed by atoms with E-state index in [-0.39, 0.29) is 5.82 Å². The van der Waals surface area contributed by atoms with Crippen molar-refractivity contribution < 1.29 is 9.90 Å². The standard InChI is InChI=1S/C26H25ClN4O2/c1-16-7-9-17(10-8-16)14-31-15-21(18-5-3-2-4-6-18)23-24(31)22(29-25(30-23)26(32)33)19-11-20(27)13-28-12-19/h2-6,11-13,15-17H,7-10,14H2,1H3,(H,32,33). The molecule has 0 saturated heterocycles. The maximum Gasteiger partial charge on any atom is 0.373 e. The van der Waals surface area contributed by atoms with Crippen molar-refractivity contribution in [1.82, 2.24) is 19.5 Å². The van der Waals surface area contributed by atoms with Gasteiger partial charge in [-0.25, -0.2) is 14.8 Å². The number of hydrogen-bond donors (Lipinski definition) is 1. The molecule has 3 heterocycles. The van der Waals surface area contributed by atoms with Gasteiger partial charge in [0.25, 0.3) is 0 Å². The van der Waals surface area contributed by atoms with Crippen LogP contribution in [0.4, 0.5) is 0 Å². The molecule has 0 aliphatic heterocycles. The first kappa shape index (κ1) is 21.6. The van der Waals surface area contributed by atoms with Crippen LogP contribution in [0.25, 0.3) is 33.4 Å². The molecule has 0 bridgehead atoms. The largest absolute Gasteiger partial charge is 0.475 e. The maximum atomic E-state index is 11.9. The van der Waals surface area contributed by atoms with Crippen LogP contribution in [0.3, 0.4) is 0 Å². The Balaban J connectivity index is 1.75. The summed E-state index contributed by atoms with van der Waals surface area (Å²) in [4.78, 5) is 25.1. The van der Waals surface area contributed by atoms with Crippen LogP contribution >= 0.6 is 11.6 Å². The van der Waals surface area contributed by atoms with Gasteiger partial charge in [-0.05, 0) is 36.3 Å². The number of aromatic nitrogens is 4. The minimum absolute atomic E-state index is 0.237. The van der Waals surface area contributed by atoms with E-state index < -0.39 is 5.97 Å². The van der Waals surface area contributed by atoms with E-state index in [1.165, 1.54) is 25.7 Å². The van der Waals surface area contributed by atoms with Gasteiger partial charge in [-0.3, -0.25) is 4.98 Å². The summed E-state index contributed by atoms with van der Waals surface area (Å²) in [6.07, 6.45) is 10.2. The second kappa shape index (κ2) is 8.94. The fourth-order valence-corrected chi connectivity index (χ4v) is 4.97. The number of benzene rings is 1. The molecule has 1 N–H and O–H groups in total. The first-order valence-electron chi connectivity index (χ1n) is 11.3. The summed E-state index contributed by atoms with van der Waals surface area (Å²) in [5, 5.41) is 10.2. The van der Waals surface area contributed by atoms with Crippen molar-refractivity contribution in [2.75, 3.05) is 0 Å². The average molecular weight is 461 g/mol. The van der Waals surface area contributed by atoms with Gasteiger partial charge in [-0.1, -0.05) is 61.7 Å². The van der Waals surface area contributed by atoms with Crippen molar-refractivity contribution in [2.24, 2.45) is 11.8 Å². The molecular formula is C26H25ClN4O2. The summed E-state index contributed by atoms with van der Waals surface area (Å²) in [5.41, 5.74) is 4.56. The van der Waals surface area contributed by atoms with Crippen molar-refractivity contribution in [3.05, 3.63) is 65.8 Å². The zero-order chi connectivity index (χ0) is 22.9. The van der Waals surface area contributed by atoms with Gasteiger partial charge in [-0.15, -0.1) is 0 Å². The van der Waals surface area contributed by atoms with Gasteiger partial charge in [0.1, 0.15) is 11.2 Å². The first-order valence-corrected chi connectivity index (χ1v) is 11.7. The third-order valence-corrected chi connectivity index (χ3v) is 6.76. The second-order valence-corrected chi connectivity index (χ2v) is 9.41. The molecule has 0 radical (unpaired) electrons. The van der Waals surface area contributed by atoms with E-state index >= 15 is 0 Å². The predicted molar refractivity (Wildman–Crippen MR) is 129 cm³/mol. The number of carboxylic acids is 1. The molecular weight excluding hydrogens is 436 g/mol. The highest BCUT2D eigenvalue weighted by Crippen LogP contribution is 2.37. The Hall–Kier alpha value is -3.25. The van der Waals surface area contributed by atoms with Gasteiger partial charge in [0, 0.05) is 36.3 Å². The molecule has 6 nitrogen and oxygen atoms in total. The summed E-state index contributed by atoms with van der Waals surface area (Å²) < 4.78 is 2.21. The van der Waals surface area contributed by atoms with Crippen molar-refractivity contribution in [3.63, 3.8) is 0 Å². The minimum Gasteiger partial charge on any atom is -0.475 e. The van der Waals surface area contributed by atoms with E-state index in [1.807, 2.05) is 30.3 Å². The molecule has 0 spiro atoms. The third kappa shape index (κ3) is 4.35. The van der Waals surface area contributed by atoms with E-state index in [9.17, 15) is 9.90 Å². The summed E-state index contributed by atoms with van der Waals surface area (Å²) >= 11 is 6.23. The second-order valence-electron chi connectivity index (χ2n) is 8.98. The number of halogens is 1. The molecule has 7 heteroatoms. The summed E-state index contributed by atoms with van der Waals surface area (Å²) in [6.45, 7) is 3.16. The van der Waals surface area contributed by atoms with Gasteiger partial charge in [-0.2, -0.15) is 0 Å². The number of rotatable bonds is 5. The first-order chi connectivity index (χ1) is 16.0. The van der Waals surface area contributed by atoms with Crippen molar-refractivity contribution in [1.29, 1.82) is 0 Å². The normalized spacial score (nSPS) is 18.5. The van der Waals surface area contributed by atoms with Crippen LogP contribution < -0.4 is 0 Å². The highest BCUT2D eigenvalue weighted by atomic mass is 35.5. The Morgan fingerprint density at radius 2 is 1.85 bits per heavy atom. The van der Waals surface area contributed by atoms with E-state index in [1.54, 1.807) is 18.5 Å². The molecule has 1 aromatic carbocycles. The molecule has 5 rings (SSSR count). The Labute approximate surface area is 197 Å². The molecule has 0 amide bonds. The number of aromatic carboxylic acids is 1. The molecule has 168 valence electrons. The van der Waals surface area contributed by atoms with E-state index in [4.69, 9.17) is 11.6 Å². The van der Waals surface area contributed by atoms with Gasteiger partial charge in [0.2, 0.25) is 5.82 Å². The number of pyridine rings is 1. The Bertz CT molecular complexity index is 1310. The van der Waals surface area contributed by atoms with Crippen LogP contribution in [-0.2, 0) is 6.54 Å². The molecule has 1 fully saturated rings. The molecule has 33 heavy (non-hydrogen) atoms. The molecule has 0 atom stereocenters. The lowest BCUT2D eigenvalue weighted by molar-refractivity contribution is 0.0684. The van der Waals surface area contributed by atoms with Gasteiger partial charge >= 0.3 is 5.97 Å². The number of carbonyl (C=O) groups is 1. The Morgan fingerprint density at radius 1 is 1.09 bits per heavy atom. The van der Waals surface area contributed by atoms with Gasteiger partial charge < -0.3 is 9.67 Å². The van der Waals surface area contributed by atoms with Crippen LogP contribution in [0.1, 0.15) is 43.2 Å². The van der Waals surface area contributed by atoms with Crippen LogP contribution in [-0.4, -0.2) is 30.6 Å². The Morgan fingerprint density at radius 3 is 2.55 bits per heavy atom. The van der Waals surface area contributed by atoms with E-state index in [0.29, 0.717) is 27.7 Å². The topological polar surface area (TPSA) is 80.9 Å². The smallest absolute Gasteiger partial charge is 0.373 e. The van der Waals surface area contributed by atoms with Crippen LogP contribution in [0.15, 0.2) is 55.0 Å². The Kier molecular flexibility index (Phi) is 5.85. The number of fused-ring (bicyclic) bond motifs is 1. The lowest BCUT2D eigenvalue weighted by Gasteiger charge is -2.26. The van der Waals surface area contributed by atoms with Crippen LogP contribution in [0, 0.1) is 11.8 Å². The van der Waals surface area contributed by atoms with Crippen molar-refractivity contribution in [3.8, 4) is 22.4 Å². The van der Waals surface area contributed by atoms with E-state index in [2.05, 4.69) is 32.6 Å². The molecule has 1 aliphatic rings. The quantitative estimate of drug-likeness (QED) is 0.376. The lowest BCUT2D eigenvalue weighted by atomic mass is 9.83. The highest BCUT2D eigenvalue weighted by molar-refractivity contribution is 6.30. The van der Waals surface area contributed by atoms with Crippen LogP contribution in [0.5, 0.6) is 0 Å². The predicted octanol–water partition coefficient (Wildman–Crippen LogP) is 6.34. The third-order valence-electron chi connectivity index (χ3n) is 6.56. The molecule has 3 aromatic heterocycles. The number of carboxylic acid groups (broad SMARTS) is 1. The zero-order valence-electron chi connectivity index (χ0n) is 18.4. The summed E-state index contributed by atoms with van der Waals surface area (Å²) in [6, 6.07) is 11.7. The summed E-state index contributed by atoms with van der Waals surface area (Å²) in [5.74, 6) is -0.0675. The number of hydrogen-bond acceptors (Lipinski definition) is 4. The minimum atomic E-state index is -1.17. The molecule has 0 unspecified atom stereocenters. The van der Waals surface area contributed by atoms with Crippen molar-refractivity contribution >= 4 is 28.6 Å². The fraction of sp³-hybridized carbons (Fsp3) is 0.308. The SMILES string of the molecule is CC1CCC(Cn2cc(-c3ccccc3)c3nc(C(=O)O)nc(-c4cncc(Cl)c4)c32)CC1. The molecule has 1 saturated carbocycles. The average Bonchev–Trinajstić information content (AvgIpc) is 3.19. The van der Waals surface area contributed by atoms with Crippen LogP contribution in [0.2, 0.25) is 5.02 Å². The lowest BCUT2D eigenvalue weighted by Crippen LogP contribution is -2.17. The van der Waals surface area contributed by atoms with Gasteiger partial charge in [0.15, 0.2) is 0 Å². The fourth-order valence-electron chi connectivity index (χ4n) is 4.80. The monoisotopic (exact) mass is 460 g/mol. The maximum absolute atomic E-state index is 11.9. The molecule has 4 aromatic rings. The molecule has 1 aliphatic carbocycles. The van der Waals surface area contributed by atoms with E-state index in [0.717, 1.165) is 29.1 Å².